The number of fused-ring (bicyclic) bond motifs is 1. The summed E-state index contributed by atoms with van der Waals surface area (Å²) in [6.07, 6.45) is -2.41. The second-order valence-electron chi connectivity index (χ2n) is 13.4. The number of hydrogen-bond acceptors (Lipinski definition) is 16. The summed E-state index contributed by atoms with van der Waals surface area (Å²) in [5, 5.41) is 2.58. The maximum Gasteiger partial charge on any atom is 0.522 e. The maximum absolute atomic E-state index is 11.7. The zero-order chi connectivity index (χ0) is 41.2. The lowest BCUT2D eigenvalue weighted by atomic mass is 9.88. The third kappa shape index (κ3) is 15.5. The summed E-state index contributed by atoms with van der Waals surface area (Å²) in [5.74, 6) is -2.06. The Kier molecular flexibility index (Phi) is 17.8. The van der Waals surface area contributed by atoms with Crippen molar-refractivity contribution in [3.05, 3.63) is 0 Å². The molecule has 0 aliphatic carbocycles. The molecule has 2 fully saturated rings. The van der Waals surface area contributed by atoms with Gasteiger partial charge in [-0.3, -0.25) is 24.0 Å². The number of esters is 4. The van der Waals surface area contributed by atoms with Gasteiger partial charge in [0.25, 0.3) is 0 Å². The Labute approximate surface area is 308 Å². The number of nitrogens with one attached hydrogen (secondary N) is 1. The predicted molar refractivity (Wildman–Crippen MR) is 180 cm³/mol. The van der Waals surface area contributed by atoms with Gasteiger partial charge in [-0.15, -0.1) is 0 Å². The Hall–Kier alpha value is -3.34. The summed E-state index contributed by atoms with van der Waals surface area (Å²) in [5.41, 5.74) is -5.31. The number of rotatable bonds is 9. The number of amides is 1. The third-order valence-corrected chi connectivity index (χ3v) is 10.9. The Balaban J connectivity index is 0.000000423. The summed E-state index contributed by atoms with van der Waals surface area (Å²) in [4.78, 5) is 60.7. The lowest BCUT2D eigenvalue weighted by Gasteiger charge is -2.44. The largest absolute Gasteiger partial charge is 0.522 e. The van der Waals surface area contributed by atoms with Crippen molar-refractivity contribution in [1.29, 1.82) is 0 Å². The lowest BCUT2D eigenvalue weighted by Crippen LogP contribution is -2.63. The maximum atomic E-state index is 11.7. The van der Waals surface area contributed by atoms with E-state index in [4.69, 9.17) is 33.2 Å². The van der Waals surface area contributed by atoms with E-state index in [1.807, 2.05) is 6.92 Å². The molecular formula is C31H51F3N2O15SSi. The van der Waals surface area contributed by atoms with E-state index in [0.717, 1.165) is 6.42 Å². The van der Waals surface area contributed by atoms with Crippen molar-refractivity contribution in [2.75, 3.05) is 6.61 Å². The molecule has 3 aliphatic heterocycles. The molecule has 0 saturated carbocycles. The molecule has 0 spiro atoms. The number of alkyl halides is 3. The van der Waals surface area contributed by atoms with E-state index in [0.29, 0.717) is 5.90 Å². The molecule has 3 heterocycles. The van der Waals surface area contributed by atoms with Crippen LogP contribution in [0.2, 0.25) is 19.6 Å². The van der Waals surface area contributed by atoms with Gasteiger partial charge in [-0.1, -0.05) is 20.8 Å². The Morgan fingerprint density at radius 3 is 1.75 bits per heavy atom. The molecule has 3 rings (SSSR count). The van der Waals surface area contributed by atoms with Gasteiger partial charge in [0.1, 0.15) is 31.0 Å². The quantitative estimate of drug-likeness (QED) is 0.153. The van der Waals surface area contributed by atoms with Crippen molar-refractivity contribution >= 4 is 54.1 Å². The van der Waals surface area contributed by atoms with Crippen molar-refractivity contribution < 1.29 is 82.6 Å². The molecule has 0 aromatic carbocycles. The van der Waals surface area contributed by atoms with Crippen LogP contribution in [0.3, 0.4) is 0 Å². The molecule has 10 atom stereocenters. The topological polar surface area (TPSA) is 218 Å². The monoisotopic (exact) mass is 808 g/mol. The fraction of sp³-hybridized carbons (Fsp3) is 0.806. The lowest BCUT2D eigenvalue weighted by molar-refractivity contribution is -0.253. The number of halogens is 3. The first-order valence-corrected chi connectivity index (χ1v) is 21.4. The molecule has 0 unspecified atom stereocenters. The summed E-state index contributed by atoms with van der Waals surface area (Å²) >= 11 is 0. The molecule has 53 heavy (non-hydrogen) atoms. The van der Waals surface area contributed by atoms with Gasteiger partial charge in [-0.25, -0.2) is 4.99 Å². The number of nitrogens with zero attached hydrogens (tertiary/aromatic N) is 1. The van der Waals surface area contributed by atoms with Gasteiger partial charge in [0, 0.05) is 53.4 Å². The summed E-state index contributed by atoms with van der Waals surface area (Å²) < 4.78 is 97.4. The van der Waals surface area contributed by atoms with Crippen LogP contribution >= 0.6 is 0 Å². The fourth-order valence-electron chi connectivity index (χ4n) is 5.39. The Morgan fingerprint density at radius 1 is 0.830 bits per heavy atom. The number of carbonyl (C=O) groups excluding carboxylic acids is 5. The van der Waals surface area contributed by atoms with Gasteiger partial charge in [-0.2, -0.15) is 21.6 Å². The molecule has 0 aromatic rings. The number of ether oxygens (including phenoxy) is 7. The summed E-state index contributed by atoms with van der Waals surface area (Å²) in [6, 6.07) is -1.10. The highest BCUT2D eigenvalue weighted by molar-refractivity contribution is 7.88. The van der Waals surface area contributed by atoms with Gasteiger partial charge >= 0.3 is 39.5 Å². The highest BCUT2D eigenvalue weighted by atomic mass is 32.2. The first-order chi connectivity index (χ1) is 24.1. The normalized spacial score (nSPS) is 29.5. The first-order valence-electron chi connectivity index (χ1n) is 16.6. The van der Waals surface area contributed by atoms with E-state index < -0.39 is 84.5 Å². The van der Waals surface area contributed by atoms with Crippen LogP contribution in [0, 0.1) is 11.8 Å². The molecule has 3 aliphatic rings. The molecule has 0 bridgehead atoms. The second-order valence-corrected chi connectivity index (χ2v) is 19.6. The average molecular weight is 809 g/mol. The van der Waals surface area contributed by atoms with Crippen LogP contribution in [0.5, 0.6) is 0 Å². The van der Waals surface area contributed by atoms with E-state index in [9.17, 15) is 45.6 Å². The van der Waals surface area contributed by atoms with Gasteiger partial charge in [0.05, 0.1) is 6.10 Å². The summed E-state index contributed by atoms with van der Waals surface area (Å²) in [6.45, 7) is 17.9. The van der Waals surface area contributed by atoms with E-state index in [-0.39, 0.29) is 36.7 Å². The molecule has 0 aromatic heterocycles. The third-order valence-electron chi connectivity index (χ3n) is 7.46. The molecule has 0 radical (unpaired) electrons. The van der Waals surface area contributed by atoms with Crippen LogP contribution in [0.4, 0.5) is 13.2 Å². The van der Waals surface area contributed by atoms with Crippen LogP contribution in [0.25, 0.3) is 0 Å². The van der Waals surface area contributed by atoms with Crippen LogP contribution in [-0.4, -0.2) is 114 Å². The zero-order valence-electron chi connectivity index (χ0n) is 31.8. The van der Waals surface area contributed by atoms with Gasteiger partial charge < -0.3 is 42.3 Å². The molecule has 2 saturated heterocycles. The van der Waals surface area contributed by atoms with Crippen molar-refractivity contribution in [3.8, 4) is 0 Å². The van der Waals surface area contributed by atoms with Gasteiger partial charge in [0.15, 0.2) is 11.9 Å². The summed E-state index contributed by atoms with van der Waals surface area (Å²) in [7, 11) is -8.10. The minimum absolute atomic E-state index is 0.0432. The number of carbonyl (C=O) groups is 5. The second kappa shape index (κ2) is 19.8. The van der Waals surface area contributed by atoms with E-state index in [2.05, 4.69) is 21.1 Å². The van der Waals surface area contributed by atoms with E-state index in [1.165, 1.54) is 54.3 Å². The van der Waals surface area contributed by atoms with Crippen LogP contribution in [-0.2, 0) is 71.1 Å². The smallest absolute Gasteiger partial charge is 0.463 e. The molecular weight excluding hydrogens is 757 g/mol. The predicted octanol–water partition coefficient (Wildman–Crippen LogP) is 3.10. The first kappa shape index (κ1) is 47.7. The van der Waals surface area contributed by atoms with E-state index in [1.54, 1.807) is 13.8 Å². The van der Waals surface area contributed by atoms with Crippen LogP contribution in [0.15, 0.2) is 4.99 Å². The standard InChI is InChI=1S/C15H23NO8.C12H19NO4.C4H9F3O3SSi/c1-7-12(6-21-9(3)18)24-15(23-11(5)20)13(16-8(2)17)14(7)22-10(4)19;1-5-9-6(2)11(16-8(4)14)10-12(17-9)15-7(3)13-10;1-12(2,3)10-11(8,9)4(5,6)7/h7,12-15H,6H2,1-5H3,(H,16,17);6,9-12H,5H2,1-4H3;1-3H3/t7-,12+,13+,14-,15+;6-,9+,10+,11-,12-;/m00./s1. The van der Waals surface area contributed by atoms with Crippen molar-refractivity contribution in [1.82, 2.24) is 5.32 Å². The van der Waals surface area contributed by atoms with Crippen molar-refractivity contribution in [2.45, 2.75) is 143 Å². The van der Waals surface area contributed by atoms with Gasteiger partial charge in [-0.05, 0) is 26.1 Å². The average Bonchev–Trinajstić information content (AvgIpc) is 3.35. The van der Waals surface area contributed by atoms with Crippen LogP contribution in [0.1, 0.15) is 68.7 Å². The number of hydrogen-bond donors (Lipinski definition) is 1. The zero-order valence-corrected chi connectivity index (χ0v) is 33.6. The minimum atomic E-state index is -5.39. The Bertz CT molecular complexity index is 1440. The molecule has 22 heteroatoms. The molecule has 1 N–H and O–H groups in total. The Morgan fingerprint density at radius 2 is 1.34 bits per heavy atom. The molecule has 306 valence electrons. The van der Waals surface area contributed by atoms with Crippen molar-refractivity contribution in [2.24, 2.45) is 16.8 Å². The van der Waals surface area contributed by atoms with E-state index >= 15 is 0 Å². The molecule has 1 amide bonds. The fourth-order valence-corrected chi connectivity index (χ4v) is 8.41. The highest BCUT2D eigenvalue weighted by Crippen LogP contribution is 2.35. The van der Waals surface area contributed by atoms with Gasteiger partial charge in [0.2, 0.25) is 26.8 Å². The highest BCUT2D eigenvalue weighted by Gasteiger charge is 2.51. The number of aliphatic imine (C=N–C) groups is 1. The SMILES string of the molecule is CC(=O)N[C@H]1[C@H](OC(C)=O)O[C@H](COC(C)=O)[C@H](C)[C@@H]1OC(C)=O.CC[C@H]1O[C@@H]2OC(C)=N[C@@H]2[C@@H](OC(C)=O)[C@H]1C.C[Si](C)(C)OS(=O)(=O)C(F)(F)F. The molecule has 17 nitrogen and oxygen atoms in total. The van der Waals surface area contributed by atoms with Crippen molar-refractivity contribution in [3.63, 3.8) is 0 Å². The van der Waals surface area contributed by atoms with Crippen LogP contribution < -0.4 is 5.32 Å². The minimum Gasteiger partial charge on any atom is -0.463 e.